The van der Waals surface area contributed by atoms with Gasteiger partial charge in [0, 0.05) is 18.0 Å². The van der Waals surface area contributed by atoms with Crippen LogP contribution >= 0.6 is 23.7 Å². The van der Waals surface area contributed by atoms with Crippen LogP contribution in [0.1, 0.15) is 44.0 Å². The van der Waals surface area contributed by atoms with Crippen molar-refractivity contribution in [3.63, 3.8) is 0 Å². The maximum absolute atomic E-state index is 12.1. The van der Waals surface area contributed by atoms with Crippen LogP contribution in [0.15, 0.2) is 18.2 Å². The van der Waals surface area contributed by atoms with E-state index in [9.17, 15) is 4.79 Å². The number of nitrogens with zero attached hydrogens (tertiary/aromatic N) is 1. The van der Waals surface area contributed by atoms with Crippen molar-refractivity contribution in [1.29, 1.82) is 0 Å². The zero-order valence-electron chi connectivity index (χ0n) is 13.6. The summed E-state index contributed by atoms with van der Waals surface area (Å²) in [7, 11) is 0. The van der Waals surface area contributed by atoms with Gasteiger partial charge in [0.1, 0.15) is 0 Å². The molecule has 1 fully saturated rings. The lowest BCUT2D eigenvalue weighted by atomic mass is 10.0. The maximum atomic E-state index is 12.1. The summed E-state index contributed by atoms with van der Waals surface area (Å²) in [6.07, 6.45) is 2.77. The van der Waals surface area contributed by atoms with Gasteiger partial charge in [0.05, 0.1) is 15.2 Å². The smallest absolute Gasteiger partial charge is 0.224 e. The molecular formula is C17H24ClN3OS. The van der Waals surface area contributed by atoms with Gasteiger partial charge in [-0.2, -0.15) is 0 Å². The van der Waals surface area contributed by atoms with Gasteiger partial charge in [0.2, 0.25) is 5.91 Å². The van der Waals surface area contributed by atoms with E-state index in [2.05, 4.69) is 29.5 Å². The van der Waals surface area contributed by atoms with Gasteiger partial charge in [-0.05, 0) is 50.0 Å². The van der Waals surface area contributed by atoms with Gasteiger partial charge >= 0.3 is 0 Å². The highest BCUT2D eigenvalue weighted by Crippen LogP contribution is 2.29. The number of carbonyl (C=O) groups is 1. The van der Waals surface area contributed by atoms with Crippen molar-refractivity contribution in [2.75, 3.05) is 18.4 Å². The van der Waals surface area contributed by atoms with Crippen LogP contribution in [-0.4, -0.2) is 24.0 Å². The first-order valence-corrected chi connectivity index (χ1v) is 8.84. The molecule has 1 atom stereocenters. The minimum atomic E-state index is 0. The number of carbonyl (C=O) groups excluding carboxylic acids is 1. The summed E-state index contributed by atoms with van der Waals surface area (Å²) in [6.45, 7) is 6.45. The highest BCUT2D eigenvalue weighted by atomic mass is 35.5. The normalized spacial score (nSPS) is 17.4. The Morgan fingerprint density at radius 2 is 2.30 bits per heavy atom. The molecule has 0 aliphatic carbocycles. The summed E-state index contributed by atoms with van der Waals surface area (Å²) in [4.78, 5) is 16.7. The van der Waals surface area contributed by atoms with E-state index in [0.717, 1.165) is 40.4 Å². The third-order valence-electron chi connectivity index (χ3n) is 4.12. The standard InChI is InChI=1S/C17H23N3OS.ClH/c1-11(2)17-20-14-5-4-13(9-15(14)22-17)19-16(21)6-3-12-7-8-18-10-12;/h4-5,9,11-12,18H,3,6-8,10H2,1-2H3,(H,19,21);1H. The fourth-order valence-electron chi connectivity index (χ4n) is 2.79. The number of fused-ring (bicyclic) bond motifs is 1. The van der Waals surface area contributed by atoms with Crippen LogP contribution in [-0.2, 0) is 4.79 Å². The largest absolute Gasteiger partial charge is 0.326 e. The SMILES string of the molecule is CC(C)c1nc2ccc(NC(=O)CCC3CCNC3)cc2s1.Cl. The van der Waals surface area contributed by atoms with Gasteiger partial charge in [-0.1, -0.05) is 13.8 Å². The minimum Gasteiger partial charge on any atom is -0.326 e. The second-order valence-corrected chi connectivity index (χ2v) is 7.40. The lowest BCUT2D eigenvalue weighted by Crippen LogP contribution is -2.14. The highest BCUT2D eigenvalue weighted by Gasteiger charge is 2.16. The lowest BCUT2D eigenvalue weighted by molar-refractivity contribution is -0.116. The Bertz CT molecular complexity index is 665. The number of rotatable bonds is 5. The first-order chi connectivity index (χ1) is 10.6. The highest BCUT2D eigenvalue weighted by molar-refractivity contribution is 7.18. The average molecular weight is 354 g/mol. The van der Waals surface area contributed by atoms with E-state index >= 15 is 0 Å². The minimum absolute atomic E-state index is 0. The van der Waals surface area contributed by atoms with Crippen molar-refractivity contribution in [2.24, 2.45) is 5.92 Å². The van der Waals surface area contributed by atoms with Crippen molar-refractivity contribution < 1.29 is 4.79 Å². The molecule has 3 rings (SSSR count). The van der Waals surface area contributed by atoms with Crippen molar-refractivity contribution in [1.82, 2.24) is 10.3 Å². The second kappa shape index (κ2) is 8.08. The molecule has 0 bridgehead atoms. The molecule has 0 radical (unpaired) electrons. The molecule has 1 saturated heterocycles. The molecule has 126 valence electrons. The number of thiazole rings is 1. The Morgan fingerprint density at radius 1 is 1.48 bits per heavy atom. The van der Waals surface area contributed by atoms with Gasteiger partial charge in [-0.15, -0.1) is 23.7 Å². The van der Waals surface area contributed by atoms with E-state index in [1.807, 2.05) is 18.2 Å². The molecule has 0 saturated carbocycles. The van der Waals surface area contributed by atoms with Crippen LogP contribution in [0.3, 0.4) is 0 Å². The molecule has 4 nitrogen and oxygen atoms in total. The molecule has 23 heavy (non-hydrogen) atoms. The van der Waals surface area contributed by atoms with Crippen LogP contribution in [0.25, 0.3) is 10.2 Å². The quantitative estimate of drug-likeness (QED) is 0.848. The molecule has 1 aromatic carbocycles. The van der Waals surface area contributed by atoms with Crippen molar-refractivity contribution >= 4 is 45.6 Å². The molecule has 1 aliphatic rings. The van der Waals surface area contributed by atoms with E-state index in [1.165, 1.54) is 6.42 Å². The fourth-order valence-corrected chi connectivity index (χ4v) is 3.80. The first kappa shape index (κ1) is 18.2. The van der Waals surface area contributed by atoms with E-state index in [-0.39, 0.29) is 18.3 Å². The Kier molecular flexibility index (Phi) is 6.39. The number of anilines is 1. The molecule has 2 heterocycles. The number of benzene rings is 1. The molecular weight excluding hydrogens is 330 g/mol. The van der Waals surface area contributed by atoms with Gasteiger partial charge in [0.15, 0.2) is 0 Å². The van der Waals surface area contributed by atoms with E-state index in [0.29, 0.717) is 18.3 Å². The van der Waals surface area contributed by atoms with E-state index in [1.54, 1.807) is 11.3 Å². The van der Waals surface area contributed by atoms with Crippen LogP contribution < -0.4 is 10.6 Å². The molecule has 1 unspecified atom stereocenters. The molecule has 1 aliphatic heterocycles. The summed E-state index contributed by atoms with van der Waals surface area (Å²) < 4.78 is 1.14. The van der Waals surface area contributed by atoms with Gasteiger partial charge < -0.3 is 10.6 Å². The third kappa shape index (κ3) is 4.66. The van der Waals surface area contributed by atoms with Crippen LogP contribution in [0.5, 0.6) is 0 Å². The van der Waals surface area contributed by atoms with Crippen molar-refractivity contribution in [2.45, 2.75) is 39.0 Å². The number of hydrogen-bond acceptors (Lipinski definition) is 4. The van der Waals surface area contributed by atoms with Crippen molar-refractivity contribution in [3.8, 4) is 0 Å². The van der Waals surface area contributed by atoms with Crippen molar-refractivity contribution in [3.05, 3.63) is 23.2 Å². The zero-order valence-corrected chi connectivity index (χ0v) is 15.2. The summed E-state index contributed by atoms with van der Waals surface area (Å²) in [5.41, 5.74) is 1.89. The Labute approximate surface area is 147 Å². The zero-order chi connectivity index (χ0) is 15.5. The Balaban J connectivity index is 0.00000192. The lowest BCUT2D eigenvalue weighted by Gasteiger charge is -2.08. The first-order valence-electron chi connectivity index (χ1n) is 8.03. The van der Waals surface area contributed by atoms with Crippen LogP contribution in [0, 0.1) is 5.92 Å². The number of hydrogen-bond donors (Lipinski definition) is 2. The monoisotopic (exact) mass is 353 g/mol. The summed E-state index contributed by atoms with van der Waals surface area (Å²) in [6, 6.07) is 5.98. The third-order valence-corrected chi connectivity index (χ3v) is 5.44. The van der Waals surface area contributed by atoms with E-state index < -0.39 is 0 Å². The molecule has 6 heteroatoms. The predicted molar refractivity (Wildman–Crippen MR) is 99.8 cm³/mol. The Morgan fingerprint density at radius 3 is 3.00 bits per heavy atom. The molecule has 1 aromatic heterocycles. The molecule has 2 aromatic rings. The fraction of sp³-hybridized carbons (Fsp3) is 0.529. The molecule has 0 spiro atoms. The van der Waals surface area contributed by atoms with E-state index in [4.69, 9.17) is 0 Å². The number of nitrogens with one attached hydrogen (secondary N) is 2. The van der Waals surface area contributed by atoms with Gasteiger partial charge in [-0.3, -0.25) is 4.79 Å². The topological polar surface area (TPSA) is 54.0 Å². The average Bonchev–Trinajstić information content (AvgIpc) is 3.14. The number of halogens is 1. The van der Waals surface area contributed by atoms with Gasteiger partial charge in [0.25, 0.3) is 0 Å². The predicted octanol–water partition coefficient (Wildman–Crippen LogP) is 4.17. The molecule has 1 amide bonds. The Hall–Kier alpha value is -1.17. The summed E-state index contributed by atoms with van der Waals surface area (Å²) in [5.74, 6) is 1.21. The van der Waals surface area contributed by atoms with Crippen LogP contribution in [0.2, 0.25) is 0 Å². The molecule has 2 N–H and O–H groups in total. The van der Waals surface area contributed by atoms with Gasteiger partial charge in [-0.25, -0.2) is 4.98 Å². The van der Waals surface area contributed by atoms with Crippen LogP contribution in [0.4, 0.5) is 5.69 Å². The number of aromatic nitrogens is 1. The summed E-state index contributed by atoms with van der Waals surface area (Å²) in [5, 5.41) is 7.50. The maximum Gasteiger partial charge on any atom is 0.224 e. The number of amides is 1. The second-order valence-electron chi connectivity index (χ2n) is 6.33. The summed E-state index contributed by atoms with van der Waals surface area (Å²) >= 11 is 1.71.